The maximum absolute atomic E-state index is 11.7. The van der Waals surface area contributed by atoms with Gasteiger partial charge in [-0.05, 0) is 23.8 Å². The number of carbonyl (C=O) groups excluding carboxylic acids is 1. The van der Waals surface area contributed by atoms with Crippen molar-refractivity contribution in [1.82, 2.24) is 9.97 Å². The highest BCUT2D eigenvalue weighted by atomic mass is 32.2. The summed E-state index contributed by atoms with van der Waals surface area (Å²) in [5, 5.41) is 0.203. The molecule has 2 rings (SSSR count). The molecule has 0 radical (unpaired) electrons. The summed E-state index contributed by atoms with van der Waals surface area (Å²) in [5.41, 5.74) is 1.06. The molecule has 0 bridgehead atoms. The third-order valence-corrected chi connectivity index (χ3v) is 5.50. The summed E-state index contributed by atoms with van der Waals surface area (Å²) >= 11 is 1.34. The maximum Gasteiger partial charge on any atom is 0.220 e. The highest BCUT2D eigenvalue weighted by Crippen LogP contribution is 2.37. The van der Waals surface area contributed by atoms with E-state index in [1.165, 1.54) is 31.5 Å². The summed E-state index contributed by atoms with van der Waals surface area (Å²) < 4.78 is 10.3. The summed E-state index contributed by atoms with van der Waals surface area (Å²) in [6.45, 7) is 4.19. The first-order valence-corrected chi connectivity index (χ1v) is 8.99. The number of aryl methyl sites for hydroxylation is 1. The lowest BCUT2D eigenvalue weighted by molar-refractivity contribution is -0.109. The fourth-order valence-corrected chi connectivity index (χ4v) is 3.39. The quantitative estimate of drug-likeness (QED) is 0.385. The second kappa shape index (κ2) is 8.85. The minimum atomic E-state index is -0.270. The van der Waals surface area contributed by atoms with Gasteiger partial charge in [0.05, 0.1) is 25.5 Å². The number of carbonyl (C=O) groups is 1. The molecular weight excluding hydrogens is 336 g/mol. The molecule has 0 aliphatic heterocycles. The van der Waals surface area contributed by atoms with E-state index in [1.807, 2.05) is 18.2 Å². The van der Waals surface area contributed by atoms with Gasteiger partial charge in [0.15, 0.2) is 5.16 Å². The molecule has 0 spiro atoms. The van der Waals surface area contributed by atoms with Crippen molar-refractivity contribution in [3.05, 3.63) is 42.0 Å². The van der Waals surface area contributed by atoms with Crippen LogP contribution in [-0.2, 0) is 11.2 Å². The number of rotatable bonds is 9. The first-order chi connectivity index (χ1) is 12.0. The molecule has 1 atom stereocenters. The van der Waals surface area contributed by atoms with E-state index in [9.17, 15) is 4.79 Å². The first-order valence-electron chi connectivity index (χ1n) is 8.11. The molecule has 1 aromatic carbocycles. The Bertz CT molecular complexity index is 670. The zero-order valence-electron chi connectivity index (χ0n) is 15.1. The van der Waals surface area contributed by atoms with Gasteiger partial charge in [-0.3, -0.25) is 0 Å². The van der Waals surface area contributed by atoms with Gasteiger partial charge in [-0.15, -0.1) is 0 Å². The Morgan fingerprint density at radius 3 is 2.24 bits per heavy atom. The average Bonchev–Trinajstić information content (AvgIpc) is 2.64. The number of aromatic nitrogens is 2. The molecule has 134 valence electrons. The van der Waals surface area contributed by atoms with Crippen LogP contribution in [0.1, 0.15) is 25.8 Å². The van der Waals surface area contributed by atoms with Crippen molar-refractivity contribution in [2.75, 3.05) is 14.2 Å². The number of nitrogens with zero attached hydrogens (tertiary/aromatic N) is 2. The van der Waals surface area contributed by atoms with Gasteiger partial charge in [0.25, 0.3) is 0 Å². The fraction of sp³-hybridized carbons (Fsp3) is 0.421. The minimum Gasteiger partial charge on any atom is -0.481 e. The van der Waals surface area contributed by atoms with E-state index in [0.717, 1.165) is 19.1 Å². The predicted octanol–water partition coefficient (Wildman–Crippen LogP) is 3.81. The van der Waals surface area contributed by atoms with Gasteiger partial charge in [0.1, 0.15) is 6.29 Å². The van der Waals surface area contributed by atoms with Crippen LogP contribution in [0.25, 0.3) is 0 Å². The minimum absolute atomic E-state index is 0.206. The molecule has 25 heavy (non-hydrogen) atoms. The third kappa shape index (κ3) is 5.46. The Morgan fingerprint density at radius 1 is 1.12 bits per heavy atom. The van der Waals surface area contributed by atoms with E-state index < -0.39 is 0 Å². The second-order valence-corrected chi connectivity index (χ2v) is 7.49. The molecule has 0 N–H and O–H groups in total. The van der Waals surface area contributed by atoms with Crippen molar-refractivity contribution in [1.29, 1.82) is 0 Å². The molecule has 1 aromatic heterocycles. The van der Waals surface area contributed by atoms with Crippen molar-refractivity contribution < 1.29 is 14.3 Å². The summed E-state index contributed by atoms with van der Waals surface area (Å²) in [4.78, 5) is 20.4. The molecule has 0 saturated carbocycles. The number of aldehydes is 1. The van der Waals surface area contributed by atoms with Gasteiger partial charge in [0.2, 0.25) is 11.8 Å². The number of hydrogen-bond acceptors (Lipinski definition) is 6. The Labute approximate surface area is 153 Å². The van der Waals surface area contributed by atoms with Crippen LogP contribution in [0.4, 0.5) is 0 Å². The normalized spacial score (nSPS) is 12.5. The highest BCUT2D eigenvalue weighted by Gasteiger charge is 2.31. The number of ether oxygens (including phenoxy) is 2. The van der Waals surface area contributed by atoms with E-state index in [2.05, 4.69) is 35.9 Å². The molecule has 0 amide bonds. The van der Waals surface area contributed by atoms with Crippen molar-refractivity contribution in [2.24, 2.45) is 5.41 Å². The zero-order valence-corrected chi connectivity index (χ0v) is 15.9. The standard InChI is InChI=1S/C19H24N2O3S/c1-19(2,11-10-14-8-6-5-7-9-14)15(13-22)25-18-20-16(23-3)12-17(21-18)24-4/h5-9,12-13,15H,10-11H2,1-4H3. The molecule has 1 heterocycles. The molecular formula is C19H24N2O3S. The zero-order chi connectivity index (χ0) is 18.3. The van der Waals surface area contributed by atoms with E-state index in [0.29, 0.717) is 16.9 Å². The van der Waals surface area contributed by atoms with Crippen LogP contribution in [0.3, 0.4) is 0 Å². The van der Waals surface area contributed by atoms with E-state index in [-0.39, 0.29) is 10.7 Å². The van der Waals surface area contributed by atoms with Crippen molar-refractivity contribution in [3.8, 4) is 11.8 Å². The van der Waals surface area contributed by atoms with Gasteiger partial charge >= 0.3 is 0 Å². The Kier molecular flexibility index (Phi) is 6.82. The molecule has 0 saturated heterocycles. The van der Waals surface area contributed by atoms with Gasteiger partial charge in [0, 0.05) is 0 Å². The largest absolute Gasteiger partial charge is 0.481 e. The number of methoxy groups -OCH3 is 2. The first kappa shape index (κ1) is 19.2. The Morgan fingerprint density at radius 2 is 1.72 bits per heavy atom. The van der Waals surface area contributed by atoms with E-state index in [4.69, 9.17) is 9.47 Å². The van der Waals surface area contributed by atoms with Crippen LogP contribution >= 0.6 is 11.8 Å². The van der Waals surface area contributed by atoms with Gasteiger partial charge in [-0.1, -0.05) is 55.9 Å². The molecule has 2 aromatic rings. The molecule has 1 unspecified atom stereocenters. The lowest BCUT2D eigenvalue weighted by Gasteiger charge is -2.30. The molecule has 0 fully saturated rings. The molecule has 0 aliphatic rings. The fourth-order valence-electron chi connectivity index (χ4n) is 2.38. The summed E-state index contributed by atoms with van der Waals surface area (Å²) in [7, 11) is 3.08. The van der Waals surface area contributed by atoms with Crippen molar-refractivity contribution in [3.63, 3.8) is 0 Å². The average molecular weight is 360 g/mol. The number of thioether (sulfide) groups is 1. The highest BCUT2D eigenvalue weighted by molar-refractivity contribution is 8.00. The van der Waals surface area contributed by atoms with Crippen LogP contribution in [0.5, 0.6) is 11.8 Å². The van der Waals surface area contributed by atoms with E-state index >= 15 is 0 Å². The van der Waals surface area contributed by atoms with E-state index in [1.54, 1.807) is 6.07 Å². The third-order valence-electron chi connectivity index (χ3n) is 4.10. The van der Waals surface area contributed by atoms with Gasteiger partial charge < -0.3 is 14.3 Å². The van der Waals surface area contributed by atoms with Crippen LogP contribution in [0.15, 0.2) is 41.6 Å². The van der Waals surface area contributed by atoms with Gasteiger partial charge in [-0.25, -0.2) is 0 Å². The van der Waals surface area contributed by atoms with Crippen molar-refractivity contribution >= 4 is 18.0 Å². The summed E-state index contributed by atoms with van der Waals surface area (Å²) in [5.74, 6) is 0.835. The SMILES string of the molecule is COc1cc(OC)nc(SC(C=O)C(C)(C)CCc2ccccc2)n1. The second-order valence-electron chi connectivity index (χ2n) is 6.38. The number of hydrogen-bond donors (Lipinski definition) is 0. The van der Waals surface area contributed by atoms with Crippen LogP contribution in [0, 0.1) is 5.41 Å². The lowest BCUT2D eigenvalue weighted by Crippen LogP contribution is -2.29. The maximum atomic E-state index is 11.7. The van der Waals surface area contributed by atoms with Crippen LogP contribution in [-0.4, -0.2) is 35.7 Å². The Hall–Kier alpha value is -2.08. The Balaban J connectivity index is 2.11. The summed E-state index contributed by atoms with van der Waals surface area (Å²) in [6, 6.07) is 11.9. The van der Waals surface area contributed by atoms with Crippen LogP contribution in [0.2, 0.25) is 0 Å². The predicted molar refractivity (Wildman–Crippen MR) is 99.4 cm³/mol. The summed E-state index contributed by atoms with van der Waals surface area (Å²) in [6.07, 6.45) is 2.78. The topological polar surface area (TPSA) is 61.3 Å². The van der Waals surface area contributed by atoms with Crippen LogP contribution < -0.4 is 9.47 Å². The lowest BCUT2D eigenvalue weighted by atomic mass is 9.83. The smallest absolute Gasteiger partial charge is 0.220 e. The molecule has 6 heteroatoms. The molecule has 5 nitrogen and oxygen atoms in total. The number of benzene rings is 1. The molecule has 0 aliphatic carbocycles. The monoisotopic (exact) mass is 360 g/mol. The van der Waals surface area contributed by atoms with Crippen molar-refractivity contribution in [2.45, 2.75) is 37.1 Å². The van der Waals surface area contributed by atoms with Gasteiger partial charge in [-0.2, -0.15) is 9.97 Å².